The van der Waals surface area contributed by atoms with E-state index in [0.717, 1.165) is 0 Å². The number of aliphatic hydroxyl groups excluding tert-OH is 1. The van der Waals surface area contributed by atoms with Crippen LogP contribution in [0.15, 0.2) is 29.2 Å². The molecule has 0 spiro atoms. The molecule has 0 aliphatic heterocycles. The van der Waals surface area contributed by atoms with Crippen LogP contribution in [0.2, 0.25) is 0 Å². The summed E-state index contributed by atoms with van der Waals surface area (Å²) in [7, 11) is -2.03. The van der Waals surface area contributed by atoms with Crippen molar-refractivity contribution in [2.75, 3.05) is 26.9 Å². The topological polar surface area (TPSA) is 84.9 Å². The maximum absolute atomic E-state index is 11.9. The van der Waals surface area contributed by atoms with Crippen molar-refractivity contribution in [2.24, 2.45) is 0 Å². The fourth-order valence-electron chi connectivity index (χ4n) is 1.33. The number of hydrogen-bond acceptors (Lipinski definition) is 5. The third kappa shape index (κ3) is 5.15. The molecular formula is C12H19NO5S. The highest BCUT2D eigenvalue weighted by molar-refractivity contribution is 7.89. The van der Waals surface area contributed by atoms with Crippen LogP contribution in [-0.2, 0) is 14.8 Å². The molecule has 108 valence electrons. The second-order valence-electron chi connectivity index (χ2n) is 4.02. The van der Waals surface area contributed by atoms with Crippen LogP contribution in [0, 0.1) is 0 Å². The summed E-state index contributed by atoms with van der Waals surface area (Å²) in [5.41, 5.74) is 0. The van der Waals surface area contributed by atoms with Crippen LogP contribution in [-0.4, -0.2) is 46.5 Å². The van der Waals surface area contributed by atoms with E-state index in [0.29, 0.717) is 19.0 Å². The summed E-state index contributed by atoms with van der Waals surface area (Å²) in [6.07, 6.45) is 0. The fourth-order valence-corrected chi connectivity index (χ4v) is 2.56. The van der Waals surface area contributed by atoms with Crippen molar-refractivity contribution in [2.45, 2.75) is 17.9 Å². The van der Waals surface area contributed by atoms with Crippen molar-refractivity contribution >= 4 is 10.0 Å². The predicted molar refractivity (Wildman–Crippen MR) is 70.7 cm³/mol. The molecule has 1 atom stereocenters. The molecule has 0 fully saturated rings. The average Bonchev–Trinajstić information content (AvgIpc) is 2.39. The van der Waals surface area contributed by atoms with Gasteiger partial charge in [-0.15, -0.1) is 0 Å². The Kier molecular flexibility index (Phi) is 6.23. The molecule has 0 heterocycles. The monoisotopic (exact) mass is 289 g/mol. The molecule has 1 aromatic carbocycles. The van der Waals surface area contributed by atoms with Gasteiger partial charge < -0.3 is 14.6 Å². The van der Waals surface area contributed by atoms with Gasteiger partial charge >= 0.3 is 0 Å². The number of methoxy groups -OCH3 is 1. The van der Waals surface area contributed by atoms with Crippen LogP contribution in [0.5, 0.6) is 5.75 Å². The summed E-state index contributed by atoms with van der Waals surface area (Å²) >= 11 is 0. The molecule has 0 saturated heterocycles. The van der Waals surface area contributed by atoms with Gasteiger partial charge in [0, 0.05) is 13.2 Å². The van der Waals surface area contributed by atoms with Crippen molar-refractivity contribution < 1.29 is 23.0 Å². The van der Waals surface area contributed by atoms with Crippen molar-refractivity contribution in [3.63, 3.8) is 0 Å². The lowest BCUT2D eigenvalue weighted by molar-refractivity contribution is 0.146. The normalized spacial score (nSPS) is 13.2. The zero-order valence-corrected chi connectivity index (χ0v) is 11.8. The molecule has 0 saturated carbocycles. The van der Waals surface area contributed by atoms with Crippen LogP contribution >= 0.6 is 0 Å². The maximum Gasteiger partial charge on any atom is 0.240 e. The molecule has 1 aromatic rings. The highest BCUT2D eigenvalue weighted by atomic mass is 32.2. The Morgan fingerprint density at radius 3 is 2.42 bits per heavy atom. The molecule has 0 bridgehead atoms. The molecule has 19 heavy (non-hydrogen) atoms. The van der Waals surface area contributed by atoms with Gasteiger partial charge in [0.1, 0.15) is 12.4 Å². The average molecular weight is 289 g/mol. The van der Waals surface area contributed by atoms with Crippen LogP contribution in [0.3, 0.4) is 0 Å². The van der Waals surface area contributed by atoms with E-state index < -0.39 is 16.1 Å². The number of aliphatic hydroxyl groups is 1. The number of benzene rings is 1. The number of hydrogen-bond donors (Lipinski definition) is 2. The third-order valence-corrected chi connectivity index (χ3v) is 3.93. The van der Waals surface area contributed by atoms with E-state index in [4.69, 9.17) is 14.6 Å². The van der Waals surface area contributed by atoms with E-state index in [1.807, 2.05) is 0 Å². The van der Waals surface area contributed by atoms with Crippen LogP contribution in [0.1, 0.15) is 6.92 Å². The highest BCUT2D eigenvalue weighted by Crippen LogP contribution is 2.16. The second-order valence-corrected chi connectivity index (χ2v) is 5.73. The number of sulfonamides is 1. The lowest BCUT2D eigenvalue weighted by Crippen LogP contribution is -2.34. The summed E-state index contributed by atoms with van der Waals surface area (Å²) in [5, 5.41) is 8.85. The zero-order chi connectivity index (χ0) is 14.3. The van der Waals surface area contributed by atoms with E-state index in [9.17, 15) is 8.42 Å². The number of rotatable bonds is 8. The van der Waals surface area contributed by atoms with Gasteiger partial charge in [-0.05, 0) is 31.2 Å². The highest BCUT2D eigenvalue weighted by Gasteiger charge is 2.16. The summed E-state index contributed by atoms with van der Waals surface area (Å²) < 4.78 is 36.3. The Morgan fingerprint density at radius 1 is 1.26 bits per heavy atom. The number of nitrogens with one attached hydrogen (secondary N) is 1. The van der Waals surface area contributed by atoms with Gasteiger partial charge in [-0.3, -0.25) is 0 Å². The van der Waals surface area contributed by atoms with Crippen molar-refractivity contribution in [1.29, 1.82) is 0 Å². The largest absolute Gasteiger partial charge is 0.491 e. The van der Waals surface area contributed by atoms with Gasteiger partial charge in [-0.1, -0.05) is 0 Å². The Bertz CT molecular complexity index is 471. The van der Waals surface area contributed by atoms with E-state index in [1.165, 1.54) is 12.1 Å². The Balaban J connectivity index is 2.69. The lowest BCUT2D eigenvalue weighted by atomic mass is 10.3. The molecule has 0 aromatic heterocycles. The smallest absolute Gasteiger partial charge is 0.240 e. The molecular weight excluding hydrogens is 270 g/mol. The molecule has 7 heteroatoms. The first-order chi connectivity index (χ1) is 8.99. The van der Waals surface area contributed by atoms with Gasteiger partial charge in [0.2, 0.25) is 10.0 Å². The Hall–Kier alpha value is -1.15. The summed E-state index contributed by atoms with van der Waals surface area (Å²) in [6.45, 7) is 2.20. The standard InChI is InChI=1S/C12H19NO5S/c1-10(9-14)13-19(15,16)12-5-3-11(4-6-12)18-8-7-17-2/h3-6,10,13-14H,7-9H2,1-2H3. The Morgan fingerprint density at radius 2 is 1.89 bits per heavy atom. The molecule has 2 N–H and O–H groups in total. The molecule has 6 nitrogen and oxygen atoms in total. The second kappa shape index (κ2) is 7.44. The van der Waals surface area contributed by atoms with Crippen molar-refractivity contribution in [1.82, 2.24) is 4.72 Å². The maximum atomic E-state index is 11.9. The quantitative estimate of drug-likeness (QED) is 0.675. The predicted octanol–water partition coefficient (Wildman–Crippen LogP) is 0.371. The first kappa shape index (κ1) is 15.9. The minimum absolute atomic E-state index is 0.131. The molecule has 0 aliphatic carbocycles. The van der Waals surface area contributed by atoms with E-state index in [1.54, 1.807) is 26.2 Å². The summed E-state index contributed by atoms with van der Waals surface area (Å²) in [6, 6.07) is 5.53. The summed E-state index contributed by atoms with van der Waals surface area (Å²) in [5.74, 6) is 0.575. The Labute approximate surface area is 113 Å². The van der Waals surface area contributed by atoms with Gasteiger partial charge in [-0.25, -0.2) is 13.1 Å². The lowest BCUT2D eigenvalue weighted by Gasteiger charge is -2.12. The van der Waals surface area contributed by atoms with Crippen LogP contribution in [0.4, 0.5) is 0 Å². The minimum atomic E-state index is -3.60. The zero-order valence-electron chi connectivity index (χ0n) is 11.0. The molecule has 1 unspecified atom stereocenters. The van der Waals surface area contributed by atoms with Crippen molar-refractivity contribution in [3.8, 4) is 5.75 Å². The minimum Gasteiger partial charge on any atom is -0.491 e. The summed E-state index contributed by atoms with van der Waals surface area (Å²) in [4.78, 5) is 0.131. The van der Waals surface area contributed by atoms with E-state index >= 15 is 0 Å². The molecule has 1 rings (SSSR count). The van der Waals surface area contributed by atoms with E-state index in [-0.39, 0.29) is 11.5 Å². The SMILES string of the molecule is COCCOc1ccc(S(=O)(=O)NC(C)CO)cc1. The van der Waals surface area contributed by atoms with Crippen molar-refractivity contribution in [3.05, 3.63) is 24.3 Å². The molecule has 0 radical (unpaired) electrons. The van der Waals surface area contributed by atoms with Crippen LogP contribution in [0.25, 0.3) is 0 Å². The van der Waals surface area contributed by atoms with Gasteiger partial charge in [-0.2, -0.15) is 0 Å². The molecule has 0 amide bonds. The van der Waals surface area contributed by atoms with Crippen LogP contribution < -0.4 is 9.46 Å². The van der Waals surface area contributed by atoms with Gasteiger partial charge in [0.05, 0.1) is 18.1 Å². The van der Waals surface area contributed by atoms with E-state index in [2.05, 4.69) is 4.72 Å². The first-order valence-electron chi connectivity index (χ1n) is 5.84. The fraction of sp³-hybridized carbons (Fsp3) is 0.500. The third-order valence-electron chi connectivity index (χ3n) is 2.32. The first-order valence-corrected chi connectivity index (χ1v) is 7.33. The van der Waals surface area contributed by atoms with Gasteiger partial charge in [0.25, 0.3) is 0 Å². The van der Waals surface area contributed by atoms with Gasteiger partial charge in [0.15, 0.2) is 0 Å². The number of ether oxygens (including phenoxy) is 2. The molecule has 0 aliphatic rings.